The van der Waals surface area contributed by atoms with Crippen molar-refractivity contribution < 1.29 is 4.21 Å². The van der Waals surface area contributed by atoms with E-state index in [0.29, 0.717) is 5.88 Å². The maximum Gasteiger partial charge on any atom is 0.0856 e. The summed E-state index contributed by atoms with van der Waals surface area (Å²) in [7, 11) is -0.808. The van der Waals surface area contributed by atoms with Gasteiger partial charge in [0.1, 0.15) is 0 Å². The highest BCUT2D eigenvalue weighted by molar-refractivity contribution is 7.85. The quantitative estimate of drug-likeness (QED) is 0.465. The van der Waals surface area contributed by atoms with E-state index in [-0.39, 0.29) is 17.7 Å². The normalized spacial score (nSPS) is 12.9. The molecule has 0 rings (SSSR count). The number of hydrogen-bond acceptors (Lipinski definition) is 3. The summed E-state index contributed by atoms with van der Waals surface area (Å²) in [6.45, 7) is 3.79. The molecule has 0 bridgehead atoms. The monoisotopic (exact) mass is 172 g/mol. The summed E-state index contributed by atoms with van der Waals surface area (Å²) in [4.78, 5) is 0. The van der Waals surface area contributed by atoms with E-state index < -0.39 is 10.8 Å². The van der Waals surface area contributed by atoms with Crippen molar-refractivity contribution in [1.29, 1.82) is 0 Å². The lowest BCUT2D eigenvalue weighted by Gasteiger charge is -2.01. The standard InChI is InChI=1S/C4H12N2OS.ClH/c1-4(2)8(7)3-6-5;/h4,6H,3,5H2,1-2H3;1H. The largest absolute Gasteiger partial charge is 0.271 e. The number of hydrazine groups is 1. The molecule has 0 radical (unpaired) electrons. The third kappa shape index (κ3) is 6.24. The van der Waals surface area contributed by atoms with Crippen LogP contribution in [0, 0.1) is 0 Å². The van der Waals surface area contributed by atoms with Gasteiger partial charge in [0, 0.05) is 16.0 Å². The zero-order chi connectivity index (χ0) is 6.57. The average Bonchev–Trinajstić information content (AvgIpc) is 1.67. The Morgan fingerprint density at radius 1 is 1.67 bits per heavy atom. The van der Waals surface area contributed by atoms with Gasteiger partial charge in [-0.15, -0.1) is 12.4 Å². The average molecular weight is 173 g/mol. The van der Waals surface area contributed by atoms with Gasteiger partial charge in [-0.25, -0.2) is 5.43 Å². The molecule has 0 aromatic carbocycles. The van der Waals surface area contributed by atoms with Crippen LogP contribution in [0.5, 0.6) is 0 Å². The van der Waals surface area contributed by atoms with Gasteiger partial charge in [0.15, 0.2) is 0 Å². The molecule has 58 valence electrons. The van der Waals surface area contributed by atoms with Crippen LogP contribution in [0.4, 0.5) is 0 Å². The van der Waals surface area contributed by atoms with Crippen LogP contribution in [0.3, 0.4) is 0 Å². The number of nitrogens with one attached hydrogen (secondary N) is 1. The van der Waals surface area contributed by atoms with Crippen molar-refractivity contribution in [3.05, 3.63) is 0 Å². The summed E-state index contributed by atoms with van der Waals surface area (Å²) in [5, 5.41) is 0.200. The van der Waals surface area contributed by atoms with E-state index in [4.69, 9.17) is 5.84 Å². The predicted octanol–water partition coefficient (Wildman–Crippen LogP) is -0.0139. The Morgan fingerprint density at radius 2 is 2.11 bits per heavy atom. The van der Waals surface area contributed by atoms with Gasteiger partial charge in [-0.3, -0.25) is 10.1 Å². The van der Waals surface area contributed by atoms with Crippen molar-refractivity contribution in [1.82, 2.24) is 5.43 Å². The van der Waals surface area contributed by atoms with Gasteiger partial charge < -0.3 is 0 Å². The van der Waals surface area contributed by atoms with Crippen molar-refractivity contribution in [3.8, 4) is 0 Å². The summed E-state index contributed by atoms with van der Waals surface area (Å²) in [5.74, 6) is 5.31. The molecule has 0 aliphatic rings. The molecule has 0 aliphatic heterocycles. The van der Waals surface area contributed by atoms with E-state index in [9.17, 15) is 4.21 Å². The van der Waals surface area contributed by atoms with Crippen LogP contribution in [-0.4, -0.2) is 15.3 Å². The first-order chi connectivity index (χ1) is 3.68. The maximum atomic E-state index is 10.7. The predicted molar refractivity (Wildman–Crippen MR) is 42.7 cm³/mol. The fourth-order valence-electron chi connectivity index (χ4n) is 0.249. The van der Waals surface area contributed by atoms with Crippen LogP contribution in [-0.2, 0) is 10.8 Å². The highest BCUT2D eigenvalue weighted by Gasteiger charge is 2.00. The van der Waals surface area contributed by atoms with Crippen molar-refractivity contribution in [2.24, 2.45) is 5.84 Å². The van der Waals surface area contributed by atoms with Gasteiger partial charge in [-0.2, -0.15) is 0 Å². The van der Waals surface area contributed by atoms with Gasteiger partial charge in [-0.05, 0) is 0 Å². The molecule has 5 heteroatoms. The van der Waals surface area contributed by atoms with Crippen LogP contribution >= 0.6 is 12.4 Å². The molecule has 0 aromatic heterocycles. The minimum Gasteiger partial charge on any atom is -0.271 e. The highest BCUT2D eigenvalue weighted by Crippen LogP contribution is 1.89. The Kier molecular flexibility index (Phi) is 8.69. The molecule has 0 aliphatic carbocycles. The van der Waals surface area contributed by atoms with E-state index in [1.54, 1.807) is 0 Å². The van der Waals surface area contributed by atoms with Crippen molar-refractivity contribution in [2.45, 2.75) is 19.1 Å². The fraction of sp³-hybridized carbons (Fsp3) is 1.00. The Balaban J connectivity index is 0. The Hall–Kier alpha value is 0.360. The van der Waals surface area contributed by atoms with Crippen LogP contribution in [0.15, 0.2) is 0 Å². The Bertz CT molecular complexity index is 88.6. The highest BCUT2D eigenvalue weighted by atomic mass is 35.5. The molecular weight excluding hydrogens is 160 g/mol. The zero-order valence-electron chi connectivity index (χ0n) is 5.59. The lowest BCUT2D eigenvalue weighted by Crippen LogP contribution is -2.29. The summed E-state index contributed by atoms with van der Waals surface area (Å²) in [5.41, 5.74) is 2.35. The molecule has 9 heavy (non-hydrogen) atoms. The summed E-state index contributed by atoms with van der Waals surface area (Å²) >= 11 is 0. The van der Waals surface area contributed by atoms with E-state index >= 15 is 0 Å². The Labute approximate surface area is 64.2 Å². The van der Waals surface area contributed by atoms with Gasteiger partial charge in [0.2, 0.25) is 0 Å². The van der Waals surface area contributed by atoms with Crippen LogP contribution < -0.4 is 11.3 Å². The lowest BCUT2D eigenvalue weighted by molar-refractivity contribution is 0.669. The van der Waals surface area contributed by atoms with Gasteiger partial charge in [0.05, 0.1) is 5.88 Å². The second-order valence-corrected chi connectivity index (χ2v) is 3.77. The molecule has 3 N–H and O–H groups in total. The molecule has 3 nitrogen and oxygen atoms in total. The third-order valence-corrected chi connectivity index (χ3v) is 2.25. The molecule has 1 unspecified atom stereocenters. The van der Waals surface area contributed by atoms with E-state index in [1.807, 2.05) is 13.8 Å². The van der Waals surface area contributed by atoms with Crippen molar-refractivity contribution in [2.75, 3.05) is 5.88 Å². The summed E-state index contributed by atoms with van der Waals surface area (Å²) in [6, 6.07) is 0. The van der Waals surface area contributed by atoms with E-state index in [0.717, 1.165) is 0 Å². The molecular formula is C4H13ClN2OS. The maximum absolute atomic E-state index is 10.7. The molecule has 0 fully saturated rings. The van der Waals surface area contributed by atoms with Crippen molar-refractivity contribution >= 4 is 23.2 Å². The molecule has 0 aromatic rings. The molecule has 1 atom stereocenters. The van der Waals surface area contributed by atoms with E-state index in [2.05, 4.69) is 5.43 Å². The number of rotatable bonds is 3. The third-order valence-electron chi connectivity index (χ3n) is 0.751. The first-order valence-electron chi connectivity index (χ1n) is 2.49. The smallest absolute Gasteiger partial charge is 0.0856 e. The molecule has 0 saturated carbocycles. The first-order valence-corrected chi connectivity index (χ1v) is 3.87. The zero-order valence-corrected chi connectivity index (χ0v) is 7.22. The first kappa shape index (κ1) is 12.1. The number of halogens is 1. The minimum atomic E-state index is -0.808. The minimum absolute atomic E-state index is 0. The van der Waals surface area contributed by atoms with Crippen LogP contribution in [0.25, 0.3) is 0 Å². The van der Waals surface area contributed by atoms with Crippen LogP contribution in [0.2, 0.25) is 0 Å². The van der Waals surface area contributed by atoms with Crippen molar-refractivity contribution in [3.63, 3.8) is 0 Å². The fourth-order valence-corrected chi connectivity index (χ4v) is 0.746. The van der Waals surface area contributed by atoms with Gasteiger partial charge >= 0.3 is 0 Å². The molecule has 0 spiro atoms. The Morgan fingerprint density at radius 3 is 2.22 bits per heavy atom. The second-order valence-electron chi connectivity index (χ2n) is 1.78. The topological polar surface area (TPSA) is 55.1 Å². The molecule has 0 amide bonds. The SMILES string of the molecule is CC(C)S(=O)CNN.Cl. The van der Waals surface area contributed by atoms with Crippen LogP contribution in [0.1, 0.15) is 13.8 Å². The van der Waals surface area contributed by atoms with Gasteiger partial charge in [-0.1, -0.05) is 13.8 Å². The molecule has 0 saturated heterocycles. The number of nitrogens with two attached hydrogens (primary N) is 1. The lowest BCUT2D eigenvalue weighted by atomic mass is 10.6. The van der Waals surface area contributed by atoms with E-state index in [1.165, 1.54) is 0 Å². The van der Waals surface area contributed by atoms with Gasteiger partial charge in [0.25, 0.3) is 0 Å². The summed E-state index contributed by atoms with van der Waals surface area (Å²) in [6.07, 6.45) is 0. The number of hydrogen-bond donors (Lipinski definition) is 2. The molecule has 0 heterocycles. The second kappa shape index (κ2) is 6.48. The summed E-state index contributed by atoms with van der Waals surface area (Å²) < 4.78 is 10.7.